The molecule has 1 heterocycles. The third kappa shape index (κ3) is 5.71. The molecule has 1 amide bonds. The van der Waals surface area contributed by atoms with E-state index in [9.17, 15) is 4.79 Å². The molecule has 0 saturated heterocycles. The van der Waals surface area contributed by atoms with Gasteiger partial charge in [0.2, 0.25) is 5.91 Å². The van der Waals surface area contributed by atoms with Crippen molar-refractivity contribution in [3.05, 3.63) is 16.1 Å². The van der Waals surface area contributed by atoms with Crippen LogP contribution in [0.15, 0.2) is 11.2 Å². The van der Waals surface area contributed by atoms with E-state index >= 15 is 0 Å². The van der Waals surface area contributed by atoms with Crippen molar-refractivity contribution in [2.75, 3.05) is 19.6 Å². The van der Waals surface area contributed by atoms with E-state index < -0.39 is 0 Å². The number of hydrogen-bond donors (Lipinski definition) is 3. The number of carbonyl (C=O) groups excluding carboxylic acids is 1. The van der Waals surface area contributed by atoms with Crippen LogP contribution in [-0.4, -0.2) is 36.5 Å². The molecular formula is C14H23N5OS. The first-order chi connectivity index (χ1) is 10.2. The van der Waals surface area contributed by atoms with Crippen LogP contribution in [-0.2, 0) is 11.3 Å². The first-order valence-electron chi connectivity index (χ1n) is 7.40. The van der Waals surface area contributed by atoms with Gasteiger partial charge in [0.25, 0.3) is 0 Å². The van der Waals surface area contributed by atoms with Crippen molar-refractivity contribution in [2.24, 2.45) is 10.9 Å². The van der Waals surface area contributed by atoms with Gasteiger partial charge in [-0.25, -0.2) is 9.98 Å². The van der Waals surface area contributed by atoms with Crippen molar-refractivity contribution in [3.8, 4) is 0 Å². The second-order valence-corrected chi connectivity index (χ2v) is 6.37. The number of carbonyl (C=O) groups is 1. The predicted octanol–water partition coefficient (Wildman–Crippen LogP) is 1.03. The minimum Gasteiger partial charge on any atom is -0.357 e. The van der Waals surface area contributed by atoms with Crippen molar-refractivity contribution in [1.82, 2.24) is 20.9 Å². The third-order valence-corrected chi connectivity index (χ3v) is 3.95. The molecule has 1 aliphatic rings. The molecule has 0 aliphatic heterocycles. The van der Waals surface area contributed by atoms with Gasteiger partial charge in [0.1, 0.15) is 5.01 Å². The van der Waals surface area contributed by atoms with E-state index in [0.29, 0.717) is 19.6 Å². The zero-order chi connectivity index (χ0) is 15.1. The van der Waals surface area contributed by atoms with Gasteiger partial charge in [0, 0.05) is 36.6 Å². The van der Waals surface area contributed by atoms with Gasteiger partial charge in [-0.15, -0.1) is 11.3 Å². The molecule has 1 aromatic rings. The normalized spacial score (nSPS) is 14.9. The molecule has 1 saturated carbocycles. The topological polar surface area (TPSA) is 78.4 Å². The van der Waals surface area contributed by atoms with Crippen LogP contribution in [0.2, 0.25) is 0 Å². The largest absolute Gasteiger partial charge is 0.357 e. The number of hydrogen-bond acceptors (Lipinski definition) is 4. The van der Waals surface area contributed by atoms with Crippen LogP contribution in [0.3, 0.4) is 0 Å². The van der Waals surface area contributed by atoms with Crippen LogP contribution in [0, 0.1) is 12.8 Å². The van der Waals surface area contributed by atoms with Gasteiger partial charge in [-0.3, -0.25) is 4.79 Å². The highest BCUT2D eigenvalue weighted by Gasteiger charge is 2.28. The molecule has 6 nitrogen and oxygen atoms in total. The Morgan fingerprint density at radius 2 is 2.14 bits per heavy atom. The lowest BCUT2D eigenvalue weighted by Gasteiger charge is -2.11. The van der Waals surface area contributed by atoms with E-state index in [1.165, 1.54) is 4.88 Å². The van der Waals surface area contributed by atoms with Gasteiger partial charge in [-0.1, -0.05) is 0 Å². The highest BCUT2D eigenvalue weighted by molar-refractivity contribution is 7.11. The predicted molar refractivity (Wildman–Crippen MR) is 85.4 cm³/mol. The zero-order valence-electron chi connectivity index (χ0n) is 12.6. The number of aromatic nitrogens is 1. The molecule has 7 heteroatoms. The van der Waals surface area contributed by atoms with Gasteiger partial charge >= 0.3 is 0 Å². The molecule has 0 atom stereocenters. The number of nitrogens with one attached hydrogen (secondary N) is 3. The molecule has 0 radical (unpaired) electrons. The van der Waals surface area contributed by atoms with Gasteiger partial charge in [-0.2, -0.15) is 0 Å². The fraction of sp³-hybridized carbons (Fsp3) is 0.643. The van der Waals surface area contributed by atoms with Gasteiger partial charge < -0.3 is 16.0 Å². The Morgan fingerprint density at radius 1 is 1.38 bits per heavy atom. The zero-order valence-corrected chi connectivity index (χ0v) is 13.4. The van der Waals surface area contributed by atoms with Crippen molar-refractivity contribution < 1.29 is 4.79 Å². The number of aliphatic imine (C=N–C) groups is 1. The molecule has 116 valence electrons. The molecule has 21 heavy (non-hydrogen) atoms. The van der Waals surface area contributed by atoms with Crippen LogP contribution in [0.25, 0.3) is 0 Å². The highest BCUT2D eigenvalue weighted by atomic mass is 32.1. The van der Waals surface area contributed by atoms with E-state index in [0.717, 1.165) is 30.4 Å². The number of nitrogens with zero attached hydrogens (tertiary/aromatic N) is 2. The Kier molecular flexibility index (Phi) is 5.98. The molecule has 3 N–H and O–H groups in total. The molecule has 0 spiro atoms. The van der Waals surface area contributed by atoms with Crippen LogP contribution in [0.1, 0.15) is 29.7 Å². The Labute approximate surface area is 129 Å². The van der Waals surface area contributed by atoms with Gasteiger partial charge in [0.15, 0.2) is 5.96 Å². The smallest absolute Gasteiger partial charge is 0.223 e. The Bertz CT molecular complexity index is 495. The summed E-state index contributed by atoms with van der Waals surface area (Å²) >= 11 is 1.66. The van der Waals surface area contributed by atoms with Crippen molar-refractivity contribution in [3.63, 3.8) is 0 Å². The third-order valence-electron chi connectivity index (χ3n) is 3.05. The summed E-state index contributed by atoms with van der Waals surface area (Å²) in [4.78, 5) is 21.5. The lowest BCUT2D eigenvalue weighted by molar-refractivity contribution is -0.122. The monoisotopic (exact) mass is 309 g/mol. The van der Waals surface area contributed by atoms with Crippen molar-refractivity contribution in [2.45, 2.75) is 33.2 Å². The quantitative estimate of drug-likeness (QED) is 0.399. The van der Waals surface area contributed by atoms with Gasteiger partial charge in [0.05, 0.1) is 6.54 Å². The highest BCUT2D eigenvalue weighted by Crippen LogP contribution is 2.28. The molecule has 2 rings (SSSR count). The maximum Gasteiger partial charge on any atom is 0.223 e. The first kappa shape index (κ1) is 15.8. The van der Waals surface area contributed by atoms with Crippen molar-refractivity contribution >= 4 is 23.2 Å². The van der Waals surface area contributed by atoms with Gasteiger partial charge in [-0.05, 0) is 26.7 Å². The summed E-state index contributed by atoms with van der Waals surface area (Å²) in [7, 11) is 0. The summed E-state index contributed by atoms with van der Waals surface area (Å²) in [6.45, 7) is 6.73. The molecule has 0 unspecified atom stereocenters. The summed E-state index contributed by atoms with van der Waals surface area (Å²) in [5.41, 5.74) is 0. The molecular weight excluding hydrogens is 286 g/mol. The minimum absolute atomic E-state index is 0.178. The summed E-state index contributed by atoms with van der Waals surface area (Å²) in [5.74, 6) is 1.20. The fourth-order valence-corrected chi connectivity index (χ4v) is 2.53. The maximum absolute atomic E-state index is 11.5. The average molecular weight is 309 g/mol. The number of aryl methyl sites for hydroxylation is 1. The Hall–Kier alpha value is -1.63. The molecule has 0 aromatic carbocycles. The number of rotatable bonds is 7. The molecule has 1 fully saturated rings. The summed E-state index contributed by atoms with van der Waals surface area (Å²) in [6, 6.07) is 0. The van der Waals surface area contributed by atoms with Crippen LogP contribution < -0.4 is 16.0 Å². The lowest BCUT2D eigenvalue weighted by atomic mass is 10.4. The van der Waals surface area contributed by atoms with Crippen LogP contribution >= 0.6 is 11.3 Å². The second kappa shape index (κ2) is 7.97. The Morgan fingerprint density at radius 3 is 2.76 bits per heavy atom. The molecule has 1 aromatic heterocycles. The standard InChI is InChI=1S/C14H23N5OS/c1-3-15-14(19-9-12-18-8-10(2)21-12)17-7-6-16-13(20)11-4-5-11/h8,11H,3-7,9H2,1-2H3,(H,16,20)(H2,15,17,19). The Balaban J connectivity index is 1.71. The minimum atomic E-state index is 0.178. The number of thiazole rings is 1. The average Bonchev–Trinajstić information content (AvgIpc) is 3.24. The van der Waals surface area contributed by atoms with Crippen LogP contribution in [0.5, 0.6) is 0 Å². The lowest BCUT2D eigenvalue weighted by Crippen LogP contribution is -2.41. The summed E-state index contributed by atoms with van der Waals surface area (Å²) < 4.78 is 0. The number of amides is 1. The second-order valence-electron chi connectivity index (χ2n) is 5.05. The first-order valence-corrected chi connectivity index (χ1v) is 8.22. The van der Waals surface area contributed by atoms with E-state index in [1.807, 2.05) is 20.0 Å². The summed E-state index contributed by atoms with van der Waals surface area (Å²) in [5, 5.41) is 10.3. The van der Waals surface area contributed by atoms with E-state index in [4.69, 9.17) is 0 Å². The number of guanidine groups is 1. The van der Waals surface area contributed by atoms with E-state index in [1.54, 1.807) is 11.3 Å². The fourth-order valence-electron chi connectivity index (χ4n) is 1.82. The molecule has 0 bridgehead atoms. The van der Waals surface area contributed by atoms with E-state index in [-0.39, 0.29) is 11.8 Å². The molecule has 1 aliphatic carbocycles. The maximum atomic E-state index is 11.5. The van der Waals surface area contributed by atoms with E-state index in [2.05, 4.69) is 25.9 Å². The SMILES string of the molecule is CCNC(=NCc1ncc(C)s1)NCCNC(=O)C1CC1. The van der Waals surface area contributed by atoms with Crippen molar-refractivity contribution in [1.29, 1.82) is 0 Å². The van der Waals surface area contributed by atoms with Crippen LogP contribution in [0.4, 0.5) is 0 Å². The summed E-state index contributed by atoms with van der Waals surface area (Å²) in [6.07, 6.45) is 3.94.